The van der Waals surface area contributed by atoms with Gasteiger partial charge in [0.2, 0.25) is 0 Å². The summed E-state index contributed by atoms with van der Waals surface area (Å²) in [6.07, 6.45) is 8.09. The first-order chi connectivity index (χ1) is 6.77. The van der Waals surface area contributed by atoms with E-state index < -0.39 is 0 Å². The maximum absolute atomic E-state index is 11.1. The van der Waals surface area contributed by atoms with Crippen molar-refractivity contribution in [1.82, 2.24) is 0 Å². The smallest absolute Gasteiger partial charge is 0.330 e. The fourth-order valence-corrected chi connectivity index (χ4v) is 2.12. The van der Waals surface area contributed by atoms with E-state index in [1.165, 1.54) is 18.9 Å². The van der Waals surface area contributed by atoms with Crippen molar-refractivity contribution < 1.29 is 14.3 Å². The molecule has 1 heterocycles. The fourth-order valence-electron chi connectivity index (χ4n) is 2.12. The van der Waals surface area contributed by atoms with E-state index in [0.717, 1.165) is 12.8 Å². The lowest BCUT2D eigenvalue weighted by Crippen LogP contribution is -2.26. The molecule has 0 amide bonds. The summed E-state index contributed by atoms with van der Waals surface area (Å²) < 4.78 is 10.7. The van der Waals surface area contributed by atoms with Crippen molar-refractivity contribution in [2.24, 2.45) is 0 Å². The molecule has 2 aliphatic rings. The molecule has 0 N–H and O–H groups in total. The minimum atomic E-state index is -0.262. The van der Waals surface area contributed by atoms with Crippen molar-refractivity contribution >= 4 is 5.97 Å². The van der Waals surface area contributed by atoms with Crippen LogP contribution in [0.3, 0.4) is 0 Å². The molecule has 1 aliphatic heterocycles. The van der Waals surface area contributed by atoms with Gasteiger partial charge in [0.15, 0.2) is 0 Å². The molecule has 1 aliphatic carbocycles. The molecule has 2 fully saturated rings. The van der Waals surface area contributed by atoms with Gasteiger partial charge in [-0.2, -0.15) is 0 Å². The van der Waals surface area contributed by atoms with E-state index in [2.05, 4.69) is 0 Å². The summed E-state index contributed by atoms with van der Waals surface area (Å²) in [6.45, 7) is 2.23. The van der Waals surface area contributed by atoms with Crippen LogP contribution in [0.2, 0.25) is 0 Å². The SMILES string of the molecule is C/C=C/C(=O)OCC12CCCCC1O2. The van der Waals surface area contributed by atoms with Crippen molar-refractivity contribution in [3.63, 3.8) is 0 Å². The van der Waals surface area contributed by atoms with Gasteiger partial charge in [0.1, 0.15) is 12.2 Å². The first kappa shape index (κ1) is 9.71. The summed E-state index contributed by atoms with van der Waals surface area (Å²) in [7, 11) is 0. The first-order valence-electron chi connectivity index (χ1n) is 5.24. The number of fused-ring (bicyclic) bond motifs is 1. The molecule has 0 aromatic heterocycles. The van der Waals surface area contributed by atoms with Crippen LogP contribution < -0.4 is 0 Å². The van der Waals surface area contributed by atoms with Crippen molar-refractivity contribution in [3.8, 4) is 0 Å². The molecule has 2 unspecified atom stereocenters. The Hall–Kier alpha value is -0.830. The van der Waals surface area contributed by atoms with Crippen LogP contribution in [0.25, 0.3) is 0 Å². The molecule has 0 spiro atoms. The van der Waals surface area contributed by atoms with Crippen LogP contribution in [0.5, 0.6) is 0 Å². The van der Waals surface area contributed by atoms with Crippen LogP contribution in [0.4, 0.5) is 0 Å². The lowest BCUT2D eigenvalue weighted by molar-refractivity contribution is -0.139. The van der Waals surface area contributed by atoms with Gasteiger partial charge in [-0.05, 0) is 19.8 Å². The molecule has 3 nitrogen and oxygen atoms in total. The Morgan fingerprint density at radius 2 is 2.50 bits per heavy atom. The zero-order valence-corrected chi connectivity index (χ0v) is 8.49. The number of hydrogen-bond donors (Lipinski definition) is 0. The van der Waals surface area contributed by atoms with Gasteiger partial charge in [0, 0.05) is 6.08 Å². The molecule has 2 atom stereocenters. The van der Waals surface area contributed by atoms with Crippen LogP contribution in [-0.4, -0.2) is 24.3 Å². The van der Waals surface area contributed by atoms with Crippen LogP contribution in [-0.2, 0) is 14.3 Å². The number of carbonyl (C=O) groups excluding carboxylic acids is 1. The average molecular weight is 196 g/mol. The average Bonchev–Trinajstić information content (AvgIpc) is 2.90. The maximum Gasteiger partial charge on any atom is 0.330 e. The second-order valence-corrected chi connectivity index (χ2v) is 4.02. The summed E-state index contributed by atoms with van der Waals surface area (Å²) in [5.74, 6) is -0.262. The molecule has 3 heteroatoms. The summed E-state index contributed by atoms with van der Waals surface area (Å²) in [5, 5.41) is 0. The molecule has 1 saturated carbocycles. The number of ether oxygens (including phenoxy) is 2. The van der Waals surface area contributed by atoms with Crippen LogP contribution in [0.15, 0.2) is 12.2 Å². The predicted octanol–water partition coefficient (Wildman–Crippen LogP) is 1.82. The molecule has 0 aromatic rings. The Morgan fingerprint density at radius 1 is 1.64 bits per heavy atom. The van der Waals surface area contributed by atoms with Gasteiger partial charge < -0.3 is 9.47 Å². The van der Waals surface area contributed by atoms with E-state index in [4.69, 9.17) is 9.47 Å². The normalized spacial score (nSPS) is 35.4. The summed E-state index contributed by atoms with van der Waals surface area (Å²) in [4.78, 5) is 11.1. The van der Waals surface area contributed by atoms with Gasteiger partial charge in [-0.15, -0.1) is 0 Å². The van der Waals surface area contributed by atoms with Gasteiger partial charge in [0.05, 0.1) is 6.10 Å². The maximum atomic E-state index is 11.1. The molecular weight excluding hydrogens is 180 g/mol. The number of esters is 1. The fraction of sp³-hybridized carbons (Fsp3) is 0.727. The third-order valence-corrected chi connectivity index (χ3v) is 2.98. The summed E-state index contributed by atoms with van der Waals surface area (Å²) in [6, 6.07) is 0. The molecule has 2 rings (SSSR count). The number of carbonyl (C=O) groups is 1. The van der Waals surface area contributed by atoms with Gasteiger partial charge in [-0.25, -0.2) is 4.79 Å². The predicted molar refractivity (Wildman–Crippen MR) is 51.8 cm³/mol. The van der Waals surface area contributed by atoms with Crippen molar-refractivity contribution in [3.05, 3.63) is 12.2 Å². The van der Waals surface area contributed by atoms with E-state index in [0.29, 0.717) is 12.7 Å². The summed E-state index contributed by atoms with van der Waals surface area (Å²) in [5.41, 5.74) is -0.102. The second-order valence-electron chi connectivity index (χ2n) is 4.02. The monoisotopic (exact) mass is 196 g/mol. The van der Waals surface area contributed by atoms with E-state index in [1.807, 2.05) is 0 Å². The highest BCUT2D eigenvalue weighted by Gasteiger charge is 2.57. The lowest BCUT2D eigenvalue weighted by Gasteiger charge is -2.16. The Bertz CT molecular complexity index is 259. The van der Waals surface area contributed by atoms with Crippen molar-refractivity contribution in [2.45, 2.75) is 44.3 Å². The molecule has 0 aromatic carbocycles. The molecular formula is C11H16O3. The Balaban J connectivity index is 1.78. The molecule has 78 valence electrons. The zero-order chi connectivity index (χ0) is 10.0. The lowest BCUT2D eigenvalue weighted by atomic mass is 9.90. The number of rotatable bonds is 3. The van der Waals surface area contributed by atoms with Gasteiger partial charge in [-0.3, -0.25) is 0 Å². The standard InChI is InChI=1S/C11H16O3/c1-2-5-10(12)13-8-11-7-4-3-6-9(11)14-11/h2,5,9H,3-4,6-8H2,1H3/b5-2+. The second kappa shape index (κ2) is 3.73. The van der Waals surface area contributed by atoms with Gasteiger partial charge >= 0.3 is 5.97 Å². The van der Waals surface area contributed by atoms with Gasteiger partial charge in [-0.1, -0.05) is 18.9 Å². The number of allylic oxidation sites excluding steroid dienone is 1. The first-order valence-corrected chi connectivity index (χ1v) is 5.24. The van der Waals surface area contributed by atoms with Gasteiger partial charge in [0.25, 0.3) is 0 Å². The number of epoxide rings is 1. The molecule has 0 bridgehead atoms. The number of hydrogen-bond acceptors (Lipinski definition) is 3. The minimum Gasteiger partial charge on any atom is -0.459 e. The third-order valence-electron chi connectivity index (χ3n) is 2.98. The highest BCUT2D eigenvalue weighted by atomic mass is 16.6. The Labute approximate surface area is 84.1 Å². The van der Waals surface area contributed by atoms with Crippen molar-refractivity contribution in [2.75, 3.05) is 6.61 Å². The molecule has 1 saturated heterocycles. The van der Waals surface area contributed by atoms with Crippen LogP contribution >= 0.6 is 0 Å². The van der Waals surface area contributed by atoms with Crippen LogP contribution in [0.1, 0.15) is 32.6 Å². The zero-order valence-electron chi connectivity index (χ0n) is 8.49. The molecule has 14 heavy (non-hydrogen) atoms. The van der Waals surface area contributed by atoms with E-state index in [-0.39, 0.29) is 11.6 Å². The Kier molecular flexibility index (Phi) is 2.59. The van der Waals surface area contributed by atoms with E-state index in [9.17, 15) is 4.79 Å². The highest BCUT2D eigenvalue weighted by molar-refractivity contribution is 5.81. The minimum absolute atomic E-state index is 0.102. The topological polar surface area (TPSA) is 38.8 Å². The third kappa shape index (κ3) is 1.82. The largest absolute Gasteiger partial charge is 0.459 e. The highest BCUT2D eigenvalue weighted by Crippen LogP contribution is 2.47. The quantitative estimate of drug-likeness (QED) is 0.392. The summed E-state index contributed by atoms with van der Waals surface area (Å²) >= 11 is 0. The van der Waals surface area contributed by atoms with Crippen LogP contribution in [0, 0.1) is 0 Å². The van der Waals surface area contributed by atoms with E-state index >= 15 is 0 Å². The van der Waals surface area contributed by atoms with Crippen molar-refractivity contribution in [1.29, 1.82) is 0 Å². The Morgan fingerprint density at radius 3 is 3.21 bits per heavy atom. The van der Waals surface area contributed by atoms with E-state index in [1.54, 1.807) is 13.0 Å². The molecule has 0 radical (unpaired) electrons.